The molecule has 1 N–H and O–H groups in total. The van der Waals surface area contributed by atoms with E-state index in [0.29, 0.717) is 6.42 Å². The molecule has 82 valence electrons. The third kappa shape index (κ3) is 2.60. The number of rotatable bonds is 1. The molecule has 0 aromatic rings. The Morgan fingerprint density at radius 3 is 2.36 bits per heavy atom. The molecule has 0 radical (unpaired) electrons. The van der Waals surface area contributed by atoms with Crippen molar-refractivity contribution in [1.82, 2.24) is 10.2 Å². The van der Waals surface area contributed by atoms with E-state index in [1.165, 1.54) is 4.90 Å². The maximum Gasteiger partial charge on any atom is 0.317 e. The summed E-state index contributed by atoms with van der Waals surface area (Å²) in [5, 5.41) is 2.72. The molecule has 2 amide bonds. The van der Waals surface area contributed by atoms with Gasteiger partial charge >= 0.3 is 6.03 Å². The van der Waals surface area contributed by atoms with Crippen LogP contribution in [0.15, 0.2) is 0 Å². The van der Waals surface area contributed by atoms with E-state index >= 15 is 0 Å². The summed E-state index contributed by atoms with van der Waals surface area (Å²) in [6.45, 7) is 1.76. The highest BCUT2D eigenvalue weighted by molar-refractivity contribution is 7.91. The lowest BCUT2D eigenvalue weighted by Gasteiger charge is -2.25. The van der Waals surface area contributed by atoms with Gasteiger partial charge in [-0.05, 0) is 13.3 Å². The van der Waals surface area contributed by atoms with E-state index in [-0.39, 0.29) is 17.5 Å². The van der Waals surface area contributed by atoms with Crippen molar-refractivity contribution in [3.8, 4) is 0 Å². The van der Waals surface area contributed by atoms with Crippen molar-refractivity contribution >= 4 is 15.9 Å². The summed E-state index contributed by atoms with van der Waals surface area (Å²) in [4.78, 5) is 12.7. The Morgan fingerprint density at radius 2 is 2.00 bits per heavy atom. The van der Waals surface area contributed by atoms with Crippen LogP contribution in [0.3, 0.4) is 0 Å². The van der Waals surface area contributed by atoms with Gasteiger partial charge in [-0.3, -0.25) is 0 Å². The maximum absolute atomic E-state index is 11.3. The molecular weight excluding hydrogens is 204 g/mol. The van der Waals surface area contributed by atoms with Crippen molar-refractivity contribution in [2.24, 2.45) is 0 Å². The van der Waals surface area contributed by atoms with Crippen LogP contribution in [0.1, 0.15) is 13.3 Å². The lowest BCUT2D eigenvalue weighted by Crippen LogP contribution is -2.50. The molecule has 1 aliphatic heterocycles. The molecule has 1 rings (SSSR count). The summed E-state index contributed by atoms with van der Waals surface area (Å²) in [6.07, 6.45) is 0.495. The largest absolute Gasteiger partial charge is 0.332 e. The summed E-state index contributed by atoms with van der Waals surface area (Å²) >= 11 is 0. The van der Waals surface area contributed by atoms with E-state index in [1.807, 2.05) is 0 Å². The SMILES string of the molecule is CN(C)C(=O)N[C@]1(C)CCS(=O)(=O)C1. The van der Waals surface area contributed by atoms with Gasteiger partial charge in [-0.15, -0.1) is 0 Å². The van der Waals surface area contributed by atoms with Gasteiger partial charge in [-0.25, -0.2) is 13.2 Å². The molecule has 0 aromatic carbocycles. The molecule has 1 aliphatic rings. The summed E-state index contributed by atoms with van der Waals surface area (Å²) in [5.41, 5.74) is -0.597. The first-order valence-electron chi connectivity index (χ1n) is 4.44. The van der Waals surface area contributed by atoms with Crippen LogP contribution in [0.4, 0.5) is 4.79 Å². The molecule has 0 aliphatic carbocycles. The Bertz CT molecular complexity index is 336. The second-order valence-electron chi connectivity index (χ2n) is 4.23. The number of hydrogen-bond donors (Lipinski definition) is 1. The van der Waals surface area contributed by atoms with Gasteiger partial charge in [0.05, 0.1) is 17.0 Å². The molecule has 1 saturated heterocycles. The number of urea groups is 1. The second kappa shape index (κ2) is 3.42. The van der Waals surface area contributed by atoms with Crippen LogP contribution in [0.25, 0.3) is 0 Å². The number of carbonyl (C=O) groups excluding carboxylic acids is 1. The quantitative estimate of drug-likeness (QED) is 0.667. The van der Waals surface area contributed by atoms with Crippen LogP contribution in [0, 0.1) is 0 Å². The fourth-order valence-corrected chi connectivity index (χ4v) is 3.57. The Morgan fingerprint density at radius 1 is 1.43 bits per heavy atom. The van der Waals surface area contributed by atoms with Crippen molar-refractivity contribution in [1.29, 1.82) is 0 Å². The van der Waals surface area contributed by atoms with Crippen molar-refractivity contribution in [2.75, 3.05) is 25.6 Å². The smallest absolute Gasteiger partial charge is 0.317 e. The van der Waals surface area contributed by atoms with Gasteiger partial charge in [-0.1, -0.05) is 0 Å². The standard InChI is InChI=1S/C8H16N2O3S/c1-8(9-7(11)10(2)3)4-5-14(12,13)6-8/h4-6H2,1-3H3,(H,9,11)/t8-/m1/s1. The Balaban J connectivity index is 2.66. The zero-order chi connectivity index (χ0) is 11.0. The van der Waals surface area contributed by atoms with Gasteiger partial charge < -0.3 is 10.2 Å². The van der Waals surface area contributed by atoms with Crippen LogP contribution >= 0.6 is 0 Å². The predicted molar refractivity (Wildman–Crippen MR) is 53.9 cm³/mol. The Labute approximate surface area is 84.4 Å². The van der Waals surface area contributed by atoms with E-state index in [0.717, 1.165) is 0 Å². The molecular formula is C8H16N2O3S. The average Bonchev–Trinajstić information content (AvgIpc) is 2.25. The first-order valence-corrected chi connectivity index (χ1v) is 6.26. The minimum absolute atomic E-state index is 0.0412. The molecule has 0 aromatic heterocycles. The molecule has 6 heteroatoms. The molecule has 5 nitrogen and oxygen atoms in total. The van der Waals surface area contributed by atoms with Gasteiger partial charge in [0, 0.05) is 14.1 Å². The van der Waals surface area contributed by atoms with E-state index in [1.54, 1.807) is 21.0 Å². The minimum Gasteiger partial charge on any atom is -0.332 e. The van der Waals surface area contributed by atoms with Gasteiger partial charge in [-0.2, -0.15) is 0 Å². The van der Waals surface area contributed by atoms with E-state index in [2.05, 4.69) is 5.32 Å². The third-order valence-corrected chi connectivity index (χ3v) is 4.22. The lowest BCUT2D eigenvalue weighted by atomic mass is 10.0. The molecule has 14 heavy (non-hydrogen) atoms. The van der Waals surface area contributed by atoms with Gasteiger partial charge in [0.15, 0.2) is 9.84 Å². The number of carbonyl (C=O) groups is 1. The highest BCUT2D eigenvalue weighted by Gasteiger charge is 2.39. The van der Waals surface area contributed by atoms with Crippen LogP contribution in [-0.2, 0) is 9.84 Å². The topological polar surface area (TPSA) is 66.5 Å². The second-order valence-corrected chi connectivity index (χ2v) is 6.41. The van der Waals surface area contributed by atoms with Gasteiger partial charge in [0.1, 0.15) is 0 Å². The van der Waals surface area contributed by atoms with Gasteiger partial charge in [0.25, 0.3) is 0 Å². The number of hydrogen-bond acceptors (Lipinski definition) is 3. The fraction of sp³-hybridized carbons (Fsp3) is 0.875. The number of sulfone groups is 1. The Kier molecular flexibility index (Phi) is 2.76. The molecule has 0 bridgehead atoms. The van der Waals surface area contributed by atoms with Crippen molar-refractivity contribution in [3.05, 3.63) is 0 Å². The molecule has 1 heterocycles. The lowest BCUT2D eigenvalue weighted by molar-refractivity contribution is 0.206. The summed E-state index contributed by atoms with van der Waals surface area (Å²) in [5.74, 6) is 0.205. The zero-order valence-electron chi connectivity index (χ0n) is 8.70. The third-order valence-electron chi connectivity index (χ3n) is 2.32. The van der Waals surface area contributed by atoms with Crippen LogP contribution in [-0.4, -0.2) is 50.5 Å². The fourth-order valence-electron chi connectivity index (χ4n) is 1.48. The van der Waals surface area contributed by atoms with Gasteiger partial charge in [0.2, 0.25) is 0 Å². The Hall–Kier alpha value is -0.780. The minimum atomic E-state index is -2.96. The number of amides is 2. The molecule has 1 fully saturated rings. The van der Waals surface area contributed by atoms with E-state index in [9.17, 15) is 13.2 Å². The zero-order valence-corrected chi connectivity index (χ0v) is 9.52. The molecule has 1 atom stereocenters. The first-order chi connectivity index (χ1) is 6.24. The summed E-state index contributed by atoms with van der Waals surface area (Å²) < 4.78 is 22.5. The number of nitrogens with zero attached hydrogens (tertiary/aromatic N) is 1. The van der Waals surface area contributed by atoms with E-state index in [4.69, 9.17) is 0 Å². The molecule has 0 saturated carbocycles. The molecule has 0 spiro atoms. The number of nitrogens with one attached hydrogen (secondary N) is 1. The maximum atomic E-state index is 11.3. The highest BCUT2D eigenvalue weighted by Crippen LogP contribution is 2.22. The van der Waals surface area contributed by atoms with Crippen LogP contribution in [0.2, 0.25) is 0 Å². The van der Waals surface area contributed by atoms with Crippen LogP contribution < -0.4 is 5.32 Å². The summed E-state index contributed by atoms with van der Waals surface area (Å²) in [7, 11) is 0.296. The first kappa shape index (κ1) is 11.3. The monoisotopic (exact) mass is 220 g/mol. The normalized spacial score (nSPS) is 29.9. The van der Waals surface area contributed by atoms with Crippen molar-refractivity contribution in [3.63, 3.8) is 0 Å². The average molecular weight is 220 g/mol. The van der Waals surface area contributed by atoms with E-state index < -0.39 is 15.4 Å². The van der Waals surface area contributed by atoms with Crippen molar-refractivity contribution < 1.29 is 13.2 Å². The highest BCUT2D eigenvalue weighted by atomic mass is 32.2. The summed E-state index contributed by atoms with van der Waals surface area (Å²) in [6, 6.07) is -0.246. The van der Waals surface area contributed by atoms with Crippen LogP contribution in [0.5, 0.6) is 0 Å². The predicted octanol–water partition coefficient (Wildman–Crippen LogP) is -0.165. The van der Waals surface area contributed by atoms with Crippen molar-refractivity contribution in [2.45, 2.75) is 18.9 Å². The molecule has 0 unspecified atom stereocenters.